The smallest absolute Gasteiger partial charge is 0.335 e. The molecule has 34 heteroatoms. The quantitative estimate of drug-likeness (QED) is 0.0277. The number of carbonyl (C=O) groups is 14. The number of carbonyl (C=O) groups excluding carboxylic acids is 9. The topological polar surface area (TPSA) is 493 Å². The van der Waals surface area contributed by atoms with Gasteiger partial charge in [-0.25, -0.2) is 14.4 Å². The molecule has 0 bridgehead atoms. The Labute approximate surface area is 699 Å². The third kappa shape index (κ3) is 63.0. The van der Waals surface area contributed by atoms with E-state index in [1.807, 2.05) is 13.8 Å². The second kappa shape index (κ2) is 73.2. The van der Waals surface area contributed by atoms with Gasteiger partial charge >= 0.3 is 29.8 Å². The number of carboxylic acids is 5. The minimum absolute atomic E-state index is 0.00111. The number of carboxylic acid groups (broad SMARTS) is 5. The number of hydrogen-bond acceptors (Lipinski definition) is 25. The van der Waals surface area contributed by atoms with Crippen LogP contribution in [0.25, 0.3) is 0 Å². The standard InChI is InChI=1S/C48H77N3O16.C37H58N2O13/c1-3-13-41(49-2)43(54)25-20-36(46(57)58)14-8-7-9-15-39(53)34-65-32-31-64-29-26-50-45(56)35-66-33-30-63-27-12-16-38(52)21-24-42(48(61)62)51-44(55)17-10-5-4-6-11-28-67-40-22-18-37(19-23-40)47(59)60;1-2-17-38-35(43)28-51-25-22-48-19-8-10-32(41)27-50-24-23-49-21-18-39-34(42)16-13-30(37(46)47)26-31(40)9-6-4-3-5-7-20-52-33-14-11-29(12-15-33)36(44)45/h18-19,22-23,36,41-42,49H,3-17,20-21,24-35H2,1-2H3,(H,50,56)(H,51,55)(H,57,58)(H,59,60)(H,61,62);11-12,14-15,30H,2-10,13,16-28H2,1H3,(H,38,43)(H,39,42)(H,44,45)(H,46,47)/t36-,41+,42+;30-/m11/s1. The molecule has 0 aliphatic heterocycles. The number of amides is 4. The maximum absolute atomic E-state index is 12.4. The maximum Gasteiger partial charge on any atom is 0.335 e. The van der Waals surface area contributed by atoms with Crippen LogP contribution in [0.3, 0.4) is 0 Å². The SMILES string of the molecule is CCCNC(=O)COCCOCCCC(=O)COCCOCCNC(=O)CC[C@H](CC(=O)CCCCCCCOc1ccc(C(=O)O)cc1)C(=O)O.CCC[C@H](NC)C(=O)CC[C@@H](CCCCCC(=O)COCCOCCNC(=O)COCCOCCCC(=O)CC[C@H](NC(=O)CCCCCCCOc1ccc(C(=O)O)cc1)C(=O)O)C(=O)O. The predicted octanol–water partition coefficient (Wildman–Crippen LogP) is 8.55. The van der Waals surface area contributed by atoms with Crippen molar-refractivity contribution >= 4 is 82.4 Å². The molecule has 0 saturated carbocycles. The third-order valence-electron chi connectivity index (χ3n) is 18.4. The van der Waals surface area contributed by atoms with Crippen molar-refractivity contribution in [3.05, 3.63) is 59.7 Å². The Kier molecular flexibility index (Phi) is 66.6. The third-order valence-corrected chi connectivity index (χ3v) is 18.4. The van der Waals surface area contributed by atoms with Crippen LogP contribution in [0.1, 0.15) is 234 Å². The molecular weight excluding hydrogens is 1550 g/mol. The molecule has 4 amide bonds. The minimum Gasteiger partial charge on any atom is -0.494 e. The molecule has 674 valence electrons. The van der Waals surface area contributed by atoms with E-state index in [9.17, 15) is 82.4 Å². The fourth-order valence-electron chi connectivity index (χ4n) is 11.6. The number of unbranched alkanes of at least 4 members (excludes halogenated alkanes) is 10. The van der Waals surface area contributed by atoms with Crippen LogP contribution < -0.4 is 36.1 Å². The van der Waals surface area contributed by atoms with Gasteiger partial charge in [0.2, 0.25) is 23.6 Å². The average Bonchev–Trinajstić information content (AvgIpc) is 0.901. The lowest BCUT2D eigenvalue weighted by atomic mass is 9.93. The van der Waals surface area contributed by atoms with Crippen LogP contribution >= 0.6 is 0 Å². The molecule has 10 N–H and O–H groups in total. The highest BCUT2D eigenvalue weighted by Gasteiger charge is 2.25. The van der Waals surface area contributed by atoms with Crippen LogP contribution in [0.2, 0.25) is 0 Å². The summed E-state index contributed by atoms with van der Waals surface area (Å²) in [5, 5.41) is 60.0. The molecule has 0 aliphatic rings. The lowest BCUT2D eigenvalue weighted by Gasteiger charge is -2.16. The number of aromatic carboxylic acids is 2. The van der Waals surface area contributed by atoms with Crippen molar-refractivity contribution in [2.45, 2.75) is 225 Å². The molecular formula is C85H135N5O29. The van der Waals surface area contributed by atoms with Gasteiger partial charge in [-0.1, -0.05) is 71.6 Å². The lowest BCUT2D eigenvalue weighted by Crippen LogP contribution is -2.41. The molecule has 0 aliphatic carbocycles. The van der Waals surface area contributed by atoms with Crippen LogP contribution in [0, 0.1) is 11.8 Å². The number of hydrogen-bond donors (Lipinski definition) is 10. The molecule has 0 saturated heterocycles. The van der Waals surface area contributed by atoms with Crippen LogP contribution in [0.4, 0.5) is 0 Å². The number of ether oxygens (including phenoxy) is 10. The average molecular weight is 1690 g/mol. The summed E-state index contributed by atoms with van der Waals surface area (Å²) in [6.07, 6.45) is 15.9. The summed E-state index contributed by atoms with van der Waals surface area (Å²) in [6, 6.07) is 11.0. The first-order valence-electron chi connectivity index (χ1n) is 42.0. The van der Waals surface area contributed by atoms with E-state index >= 15 is 0 Å². The summed E-state index contributed by atoms with van der Waals surface area (Å²) >= 11 is 0. The van der Waals surface area contributed by atoms with E-state index in [0.29, 0.717) is 128 Å². The van der Waals surface area contributed by atoms with Gasteiger partial charge in [-0.3, -0.25) is 52.7 Å². The largest absolute Gasteiger partial charge is 0.494 e. The highest BCUT2D eigenvalue weighted by Crippen LogP contribution is 2.21. The summed E-state index contributed by atoms with van der Waals surface area (Å²) in [5.74, 6) is -6.96. The first-order valence-corrected chi connectivity index (χ1v) is 42.0. The Morgan fingerprint density at radius 1 is 0.311 bits per heavy atom. The van der Waals surface area contributed by atoms with Gasteiger partial charge in [-0.2, -0.15) is 0 Å². The van der Waals surface area contributed by atoms with Gasteiger partial charge in [-0.05, 0) is 139 Å². The summed E-state index contributed by atoms with van der Waals surface area (Å²) < 4.78 is 54.1. The molecule has 34 nitrogen and oxygen atoms in total. The Morgan fingerprint density at radius 2 is 0.723 bits per heavy atom. The number of rotatable bonds is 81. The minimum atomic E-state index is -1.20. The van der Waals surface area contributed by atoms with E-state index in [2.05, 4.69) is 26.6 Å². The second-order valence-corrected chi connectivity index (χ2v) is 28.5. The van der Waals surface area contributed by atoms with E-state index in [1.54, 1.807) is 31.3 Å². The number of ketones is 5. The second-order valence-electron chi connectivity index (χ2n) is 28.5. The fourth-order valence-corrected chi connectivity index (χ4v) is 11.6. The monoisotopic (exact) mass is 1690 g/mol. The molecule has 0 spiro atoms. The van der Waals surface area contributed by atoms with Crippen molar-refractivity contribution in [2.24, 2.45) is 11.8 Å². The Morgan fingerprint density at radius 3 is 1.19 bits per heavy atom. The maximum atomic E-state index is 12.4. The van der Waals surface area contributed by atoms with E-state index < -0.39 is 47.7 Å². The van der Waals surface area contributed by atoms with Crippen molar-refractivity contribution in [3.8, 4) is 11.5 Å². The zero-order valence-electron chi connectivity index (χ0n) is 70.2. The zero-order chi connectivity index (χ0) is 87.7. The van der Waals surface area contributed by atoms with Crippen molar-refractivity contribution in [3.63, 3.8) is 0 Å². The molecule has 2 rings (SSSR count). The van der Waals surface area contributed by atoms with Crippen LogP contribution in [-0.4, -0.2) is 266 Å². The Hall–Kier alpha value is -8.74. The first-order chi connectivity index (χ1) is 57.4. The Bertz CT molecular complexity index is 3180. The number of Topliss-reactive ketones (excluding diaryl/α,β-unsaturated/α-hetero) is 5. The zero-order valence-corrected chi connectivity index (χ0v) is 70.2. The molecule has 0 radical (unpaired) electrons. The predicted molar refractivity (Wildman–Crippen MR) is 438 cm³/mol. The number of benzene rings is 2. The molecule has 4 atom stereocenters. The highest BCUT2D eigenvalue weighted by atomic mass is 16.5. The van der Waals surface area contributed by atoms with Crippen LogP contribution in [0.15, 0.2) is 48.5 Å². The summed E-state index contributed by atoms with van der Waals surface area (Å²) in [7, 11) is 1.74. The van der Waals surface area contributed by atoms with Crippen molar-refractivity contribution in [2.75, 3.05) is 146 Å². The molecule has 2 aromatic carbocycles. The summed E-state index contributed by atoms with van der Waals surface area (Å²) in [4.78, 5) is 166. The first kappa shape index (κ1) is 108. The number of nitrogens with one attached hydrogen (secondary N) is 5. The molecule has 119 heavy (non-hydrogen) atoms. The van der Waals surface area contributed by atoms with Gasteiger partial charge in [0.25, 0.3) is 0 Å². The van der Waals surface area contributed by atoms with Gasteiger partial charge in [0.15, 0.2) is 11.6 Å². The van der Waals surface area contributed by atoms with Crippen LogP contribution in [0.5, 0.6) is 11.5 Å². The highest BCUT2D eigenvalue weighted by molar-refractivity contribution is 5.89. The van der Waals surface area contributed by atoms with E-state index in [1.165, 1.54) is 24.3 Å². The van der Waals surface area contributed by atoms with Crippen molar-refractivity contribution < 1.29 is 140 Å². The van der Waals surface area contributed by atoms with Gasteiger partial charge in [0, 0.05) is 90.6 Å². The van der Waals surface area contributed by atoms with Gasteiger partial charge in [0.05, 0.1) is 108 Å². The van der Waals surface area contributed by atoms with Gasteiger partial charge in [0.1, 0.15) is 61.3 Å². The van der Waals surface area contributed by atoms with Crippen molar-refractivity contribution in [1.82, 2.24) is 26.6 Å². The lowest BCUT2D eigenvalue weighted by molar-refractivity contribution is -0.144. The van der Waals surface area contributed by atoms with E-state index in [0.717, 1.165) is 70.6 Å². The van der Waals surface area contributed by atoms with Gasteiger partial charge < -0.3 is 99.5 Å². The summed E-state index contributed by atoms with van der Waals surface area (Å²) in [5.41, 5.74) is 0.395. The van der Waals surface area contributed by atoms with E-state index in [4.69, 9.17) is 57.6 Å². The molecule has 0 unspecified atom stereocenters. The molecule has 0 aromatic heterocycles. The number of likely N-dealkylation sites (N-methyl/N-ethyl adjacent to an activating group) is 1. The normalized spacial score (nSPS) is 12.0. The molecule has 2 aromatic rings. The molecule has 0 fully saturated rings. The molecule has 0 heterocycles. The van der Waals surface area contributed by atoms with Crippen molar-refractivity contribution in [1.29, 1.82) is 0 Å². The van der Waals surface area contributed by atoms with Gasteiger partial charge in [-0.15, -0.1) is 0 Å². The van der Waals surface area contributed by atoms with Crippen LogP contribution in [-0.2, 0) is 95.4 Å². The Balaban J connectivity index is 0.00000123. The summed E-state index contributed by atoms with van der Waals surface area (Å²) in [6.45, 7) is 8.95. The number of aliphatic carboxylic acids is 3. The fraction of sp³-hybridized carbons (Fsp3) is 0.694. The van der Waals surface area contributed by atoms with E-state index in [-0.39, 0.29) is 220 Å².